The zero-order chi connectivity index (χ0) is 12.2. The lowest BCUT2D eigenvalue weighted by Gasteiger charge is -2.36. The van der Waals surface area contributed by atoms with E-state index in [1.165, 1.54) is 0 Å². The van der Waals surface area contributed by atoms with E-state index in [1.807, 2.05) is 11.8 Å². The number of carbonyl (C=O) groups is 1. The zero-order valence-electron chi connectivity index (χ0n) is 11.1. The Balaban J connectivity index is 0.00000256. The Bertz CT molecular complexity index is 241. The number of hydrogen-bond donors (Lipinski definition) is 1. The van der Waals surface area contributed by atoms with Gasteiger partial charge in [-0.2, -0.15) is 0 Å². The Morgan fingerprint density at radius 1 is 1.53 bits per heavy atom. The first-order valence-electron chi connectivity index (χ1n) is 6.11. The van der Waals surface area contributed by atoms with E-state index < -0.39 is 5.54 Å². The third-order valence-corrected chi connectivity index (χ3v) is 2.92. The zero-order valence-corrected chi connectivity index (χ0v) is 11.9. The van der Waals surface area contributed by atoms with Crippen molar-refractivity contribution >= 4 is 18.3 Å². The van der Waals surface area contributed by atoms with Crippen molar-refractivity contribution in [1.82, 2.24) is 4.90 Å². The minimum atomic E-state index is -0.756. The molecule has 1 rings (SSSR count). The van der Waals surface area contributed by atoms with E-state index in [-0.39, 0.29) is 18.3 Å². The van der Waals surface area contributed by atoms with Crippen LogP contribution in [0.25, 0.3) is 0 Å². The van der Waals surface area contributed by atoms with Crippen molar-refractivity contribution in [2.45, 2.75) is 39.2 Å². The summed E-state index contributed by atoms with van der Waals surface area (Å²) in [5.74, 6) is 0.522. The van der Waals surface area contributed by atoms with E-state index in [0.29, 0.717) is 5.92 Å². The fraction of sp³-hybridized carbons (Fsp3) is 0.917. The van der Waals surface area contributed by atoms with E-state index in [9.17, 15) is 4.79 Å². The maximum Gasteiger partial charge on any atom is 0.242 e. The third-order valence-electron chi connectivity index (χ3n) is 2.92. The molecule has 1 aliphatic rings. The van der Waals surface area contributed by atoms with Crippen LogP contribution in [0.3, 0.4) is 0 Å². The van der Waals surface area contributed by atoms with E-state index in [0.717, 1.165) is 39.1 Å². The van der Waals surface area contributed by atoms with Crippen LogP contribution in [-0.2, 0) is 9.53 Å². The Morgan fingerprint density at radius 2 is 2.18 bits per heavy atom. The van der Waals surface area contributed by atoms with Gasteiger partial charge in [0.05, 0.1) is 12.1 Å². The van der Waals surface area contributed by atoms with Gasteiger partial charge in [-0.15, -0.1) is 12.4 Å². The fourth-order valence-corrected chi connectivity index (χ4v) is 2.08. The van der Waals surface area contributed by atoms with Crippen LogP contribution in [-0.4, -0.2) is 42.6 Å². The number of ether oxygens (including phenoxy) is 1. The van der Waals surface area contributed by atoms with Gasteiger partial charge in [0.15, 0.2) is 0 Å². The summed E-state index contributed by atoms with van der Waals surface area (Å²) in [4.78, 5) is 13.9. The summed E-state index contributed by atoms with van der Waals surface area (Å²) in [6.07, 6.45) is 2.20. The van der Waals surface area contributed by atoms with Crippen LogP contribution < -0.4 is 5.73 Å². The van der Waals surface area contributed by atoms with Gasteiger partial charge >= 0.3 is 0 Å². The maximum absolute atomic E-state index is 12.0. The van der Waals surface area contributed by atoms with Crippen molar-refractivity contribution in [3.63, 3.8) is 0 Å². The molecule has 0 spiro atoms. The number of likely N-dealkylation sites (tertiary alicyclic amines) is 1. The van der Waals surface area contributed by atoms with Crippen LogP contribution in [0, 0.1) is 5.92 Å². The molecule has 5 heteroatoms. The molecule has 0 aromatic carbocycles. The Morgan fingerprint density at radius 3 is 2.71 bits per heavy atom. The van der Waals surface area contributed by atoms with Crippen LogP contribution in [0.4, 0.5) is 0 Å². The van der Waals surface area contributed by atoms with Gasteiger partial charge in [-0.05, 0) is 39.5 Å². The van der Waals surface area contributed by atoms with Gasteiger partial charge in [0.2, 0.25) is 5.91 Å². The van der Waals surface area contributed by atoms with Gasteiger partial charge in [-0.25, -0.2) is 0 Å². The minimum Gasteiger partial charge on any atom is -0.381 e. The van der Waals surface area contributed by atoms with Gasteiger partial charge in [0, 0.05) is 19.7 Å². The van der Waals surface area contributed by atoms with Crippen molar-refractivity contribution < 1.29 is 9.53 Å². The van der Waals surface area contributed by atoms with Gasteiger partial charge in [-0.1, -0.05) is 0 Å². The number of carbonyl (C=O) groups excluding carboxylic acids is 1. The van der Waals surface area contributed by atoms with Crippen molar-refractivity contribution in [3.05, 3.63) is 0 Å². The van der Waals surface area contributed by atoms with Crippen molar-refractivity contribution in [1.29, 1.82) is 0 Å². The van der Waals surface area contributed by atoms with Crippen LogP contribution in [0.5, 0.6) is 0 Å². The number of nitrogens with zero attached hydrogens (tertiary/aromatic N) is 1. The van der Waals surface area contributed by atoms with E-state index in [4.69, 9.17) is 10.5 Å². The molecule has 102 valence electrons. The Labute approximate surface area is 110 Å². The topological polar surface area (TPSA) is 55.6 Å². The molecule has 0 radical (unpaired) electrons. The standard InChI is InChI=1S/C12H24N2O2.ClH/c1-4-16-9-10-6-5-7-14(8-10)11(15)12(2,3)13;/h10H,4-9,13H2,1-3H3;1H. The summed E-state index contributed by atoms with van der Waals surface area (Å²) in [6.45, 7) is 8.65. The summed E-state index contributed by atoms with van der Waals surface area (Å²) >= 11 is 0. The number of amides is 1. The lowest BCUT2D eigenvalue weighted by Crippen LogP contribution is -2.54. The van der Waals surface area contributed by atoms with Crippen LogP contribution in [0.1, 0.15) is 33.6 Å². The lowest BCUT2D eigenvalue weighted by atomic mass is 9.96. The molecule has 0 aliphatic carbocycles. The molecule has 0 bridgehead atoms. The summed E-state index contributed by atoms with van der Waals surface area (Å²) in [6, 6.07) is 0. The molecule has 0 aromatic heterocycles. The first kappa shape index (κ1) is 16.7. The van der Waals surface area contributed by atoms with Crippen molar-refractivity contribution in [2.24, 2.45) is 11.7 Å². The lowest BCUT2D eigenvalue weighted by molar-refractivity contribution is -0.138. The summed E-state index contributed by atoms with van der Waals surface area (Å²) in [5, 5.41) is 0. The highest BCUT2D eigenvalue weighted by Gasteiger charge is 2.31. The van der Waals surface area contributed by atoms with E-state index >= 15 is 0 Å². The van der Waals surface area contributed by atoms with Gasteiger partial charge < -0.3 is 15.4 Å². The quantitative estimate of drug-likeness (QED) is 0.836. The molecule has 17 heavy (non-hydrogen) atoms. The molecule has 1 unspecified atom stereocenters. The summed E-state index contributed by atoms with van der Waals surface area (Å²) in [5.41, 5.74) is 5.08. The maximum atomic E-state index is 12.0. The average molecular weight is 265 g/mol. The highest BCUT2D eigenvalue weighted by molar-refractivity contribution is 5.85. The molecule has 0 aromatic rings. The molecule has 1 atom stereocenters. The average Bonchev–Trinajstić information content (AvgIpc) is 2.24. The molecule has 1 saturated heterocycles. The summed E-state index contributed by atoms with van der Waals surface area (Å²) in [7, 11) is 0. The molecule has 0 saturated carbocycles. The molecular formula is C12H25ClN2O2. The van der Waals surface area contributed by atoms with Crippen LogP contribution in [0.2, 0.25) is 0 Å². The monoisotopic (exact) mass is 264 g/mol. The van der Waals surface area contributed by atoms with Gasteiger partial charge in [0.25, 0.3) is 0 Å². The third kappa shape index (κ3) is 5.23. The number of halogens is 1. The second kappa shape index (κ2) is 7.19. The van der Waals surface area contributed by atoms with Gasteiger partial charge in [-0.3, -0.25) is 4.79 Å². The molecule has 1 heterocycles. The first-order chi connectivity index (χ1) is 7.45. The molecule has 1 aliphatic heterocycles. The number of piperidine rings is 1. The normalized spacial score (nSPS) is 20.9. The second-order valence-electron chi connectivity index (χ2n) is 5.14. The minimum absolute atomic E-state index is 0. The van der Waals surface area contributed by atoms with Crippen molar-refractivity contribution in [2.75, 3.05) is 26.3 Å². The predicted octanol–water partition coefficient (Wildman–Crippen LogP) is 1.42. The molecule has 1 fully saturated rings. The highest BCUT2D eigenvalue weighted by Crippen LogP contribution is 2.19. The number of nitrogens with two attached hydrogens (primary N) is 1. The second-order valence-corrected chi connectivity index (χ2v) is 5.14. The highest BCUT2D eigenvalue weighted by atomic mass is 35.5. The van der Waals surface area contributed by atoms with Crippen LogP contribution in [0.15, 0.2) is 0 Å². The molecular weight excluding hydrogens is 240 g/mol. The molecule has 4 nitrogen and oxygen atoms in total. The Kier molecular flexibility index (Phi) is 7.05. The number of hydrogen-bond acceptors (Lipinski definition) is 3. The van der Waals surface area contributed by atoms with Crippen LogP contribution >= 0.6 is 12.4 Å². The largest absolute Gasteiger partial charge is 0.381 e. The Hall–Kier alpha value is -0.320. The first-order valence-corrected chi connectivity index (χ1v) is 6.11. The molecule has 1 amide bonds. The fourth-order valence-electron chi connectivity index (χ4n) is 2.08. The van der Waals surface area contributed by atoms with Crippen molar-refractivity contribution in [3.8, 4) is 0 Å². The predicted molar refractivity (Wildman–Crippen MR) is 71.3 cm³/mol. The smallest absolute Gasteiger partial charge is 0.242 e. The van der Waals surface area contributed by atoms with E-state index in [2.05, 4.69) is 0 Å². The molecule has 2 N–H and O–H groups in total. The number of rotatable bonds is 4. The van der Waals surface area contributed by atoms with E-state index in [1.54, 1.807) is 13.8 Å². The SMILES string of the molecule is CCOCC1CCCN(C(=O)C(C)(C)N)C1.Cl. The summed E-state index contributed by atoms with van der Waals surface area (Å²) < 4.78 is 5.42. The van der Waals surface area contributed by atoms with Gasteiger partial charge in [0.1, 0.15) is 0 Å².